The Labute approximate surface area is 186 Å². The number of benzene rings is 2. The molecule has 2 heterocycles. The highest BCUT2D eigenvalue weighted by Crippen LogP contribution is 2.39. The van der Waals surface area contributed by atoms with E-state index in [1.807, 2.05) is 53.4 Å². The van der Waals surface area contributed by atoms with Crippen LogP contribution < -0.4 is 5.32 Å². The van der Waals surface area contributed by atoms with Crippen molar-refractivity contribution in [3.05, 3.63) is 89.4 Å². The van der Waals surface area contributed by atoms with Gasteiger partial charge in [0, 0.05) is 11.3 Å². The Kier molecular flexibility index (Phi) is 6.77. The van der Waals surface area contributed by atoms with Crippen molar-refractivity contribution in [3.63, 3.8) is 0 Å². The predicted molar refractivity (Wildman–Crippen MR) is 124 cm³/mol. The molecule has 1 saturated heterocycles. The molecule has 1 atom stereocenters. The number of aryl methyl sites for hydroxylation is 1. The average Bonchev–Trinajstić information content (AvgIpc) is 3.44. The highest BCUT2D eigenvalue weighted by atomic mass is 32.2. The summed E-state index contributed by atoms with van der Waals surface area (Å²) in [6.45, 7) is 2.62. The minimum Gasteiger partial charge on any atom is -0.467 e. The lowest BCUT2D eigenvalue weighted by molar-refractivity contribution is -0.128. The Morgan fingerprint density at radius 3 is 2.58 bits per heavy atom. The number of carbonyl (C=O) groups excluding carboxylic acids is 2. The molecule has 0 spiro atoms. The van der Waals surface area contributed by atoms with Crippen molar-refractivity contribution in [2.45, 2.75) is 38.1 Å². The van der Waals surface area contributed by atoms with Gasteiger partial charge in [0.25, 0.3) is 5.91 Å². The van der Waals surface area contributed by atoms with Crippen molar-refractivity contribution in [1.29, 1.82) is 0 Å². The molecular formula is C25H26N2O3S. The number of hydrogen-bond donors (Lipinski definition) is 1. The molecule has 1 aliphatic heterocycles. The Bertz CT molecular complexity index is 1010. The quantitative estimate of drug-likeness (QED) is 0.498. The lowest BCUT2D eigenvalue weighted by Crippen LogP contribution is -2.27. The van der Waals surface area contributed by atoms with E-state index in [0.29, 0.717) is 17.9 Å². The summed E-state index contributed by atoms with van der Waals surface area (Å²) in [5, 5.41) is 2.88. The van der Waals surface area contributed by atoms with E-state index in [2.05, 4.69) is 24.4 Å². The number of carbonyl (C=O) groups is 2. The standard InChI is InChI=1S/C25H26N2O3S/c1-2-3-5-18-7-13-21(14-8-18)26-24(29)19-9-11-20(12-10-19)25-27(23(28)17-31-25)16-22-6-4-15-30-22/h4,6-15,25H,2-3,5,16-17H2,1H3,(H,26,29)/t25-/m0/s1. The van der Waals surface area contributed by atoms with E-state index in [1.54, 1.807) is 18.0 Å². The first kappa shape index (κ1) is 21.2. The van der Waals surface area contributed by atoms with E-state index >= 15 is 0 Å². The SMILES string of the molecule is CCCCc1ccc(NC(=O)c2ccc([C@@H]3SCC(=O)N3Cc3ccco3)cc2)cc1. The van der Waals surface area contributed by atoms with Crippen molar-refractivity contribution in [2.75, 3.05) is 11.1 Å². The Balaban J connectivity index is 1.40. The second kappa shape index (κ2) is 9.88. The molecule has 2 amide bonds. The molecule has 0 saturated carbocycles. The smallest absolute Gasteiger partial charge is 0.255 e. The summed E-state index contributed by atoms with van der Waals surface area (Å²) in [5.74, 6) is 1.16. The number of anilines is 1. The maximum absolute atomic E-state index is 12.6. The van der Waals surface area contributed by atoms with E-state index in [0.717, 1.165) is 23.4 Å². The molecule has 3 aromatic rings. The molecule has 1 aliphatic rings. The van der Waals surface area contributed by atoms with Gasteiger partial charge in [0.15, 0.2) is 0 Å². The summed E-state index contributed by atoms with van der Waals surface area (Å²) >= 11 is 1.59. The number of nitrogens with one attached hydrogen (secondary N) is 1. The van der Waals surface area contributed by atoms with Gasteiger partial charge in [0.1, 0.15) is 11.1 Å². The van der Waals surface area contributed by atoms with Gasteiger partial charge >= 0.3 is 0 Å². The number of hydrogen-bond acceptors (Lipinski definition) is 4. The van der Waals surface area contributed by atoms with Gasteiger partial charge < -0.3 is 14.6 Å². The predicted octanol–water partition coefficient (Wildman–Crippen LogP) is 5.65. The van der Waals surface area contributed by atoms with Gasteiger partial charge in [-0.2, -0.15) is 0 Å². The minimum atomic E-state index is -0.143. The number of amides is 2. The van der Waals surface area contributed by atoms with Gasteiger partial charge in [-0.05, 0) is 60.4 Å². The molecule has 0 unspecified atom stereocenters. The van der Waals surface area contributed by atoms with Crippen LogP contribution in [0.25, 0.3) is 0 Å². The van der Waals surface area contributed by atoms with Crippen LogP contribution in [-0.4, -0.2) is 22.5 Å². The minimum absolute atomic E-state index is 0.0784. The molecule has 1 N–H and O–H groups in total. The van der Waals surface area contributed by atoms with Crippen molar-refractivity contribution in [2.24, 2.45) is 0 Å². The van der Waals surface area contributed by atoms with Gasteiger partial charge in [0.05, 0.1) is 18.6 Å². The fraction of sp³-hybridized carbons (Fsp3) is 0.280. The van der Waals surface area contributed by atoms with Gasteiger partial charge in [-0.15, -0.1) is 11.8 Å². The van der Waals surface area contributed by atoms with E-state index in [-0.39, 0.29) is 17.2 Å². The summed E-state index contributed by atoms with van der Waals surface area (Å²) in [7, 11) is 0. The topological polar surface area (TPSA) is 62.6 Å². The third-order valence-electron chi connectivity index (χ3n) is 5.36. The van der Waals surface area contributed by atoms with Crippen LogP contribution in [0.2, 0.25) is 0 Å². The first-order chi connectivity index (χ1) is 15.1. The summed E-state index contributed by atoms with van der Waals surface area (Å²) < 4.78 is 5.41. The Hall–Kier alpha value is -2.99. The molecule has 6 heteroatoms. The van der Waals surface area contributed by atoms with Crippen LogP contribution in [-0.2, 0) is 17.8 Å². The van der Waals surface area contributed by atoms with Crippen molar-refractivity contribution < 1.29 is 14.0 Å². The van der Waals surface area contributed by atoms with Gasteiger partial charge in [-0.1, -0.05) is 37.6 Å². The zero-order chi connectivity index (χ0) is 21.6. The molecule has 1 fully saturated rings. The number of thioether (sulfide) groups is 1. The number of furan rings is 1. The summed E-state index contributed by atoms with van der Waals surface area (Å²) in [6.07, 6.45) is 5.01. The highest BCUT2D eigenvalue weighted by molar-refractivity contribution is 8.00. The zero-order valence-corrected chi connectivity index (χ0v) is 18.4. The Morgan fingerprint density at radius 2 is 1.90 bits per heavy atom. The largest absolute Gasteiger partial charge is 0.467 e. The normalized spacial score (nSPS) is 16.0. The maximum Gasteiger partial charge on any atom is 0.255 e. The zero-order valence-electron chi connectivity index (χ0n) is 17.5. The molecule has 160 valence electrons. The van der Waals surface area contributed by atoms with Gasteiger partial charge in [-0.3, -0.25) is 9.59 Å². The van der Waals surface area contributed by atoms with E-state index in [4.69, 9.17) is 4.42 Å². The van der Waals surface area contributed by atoms with Gasteiger partial charge in [-0.25, -0.2) is 0 Å². The first-order valence-electron chi connectivity index (χ1n) is 10.6. The lowest BCUT2D eigenvalue weighted by atomic mass is 10.1. The molecule has 1 aromatic heterocycles. The van der Waals surface area contributed by atoms with E-state index in [9.17, 15) is 9.59 Å². The van der Waals surface area contributed by atoms with Crippen LogP contribution in [0, 0.1) is 0 Å². The molecular weight excluding hydrogens is 408 g/mol. The molecule has 0 aliphatic carbocycles. The van der Waals surface area contributed by atoms with Crippen LogP contribution in [0.1, 0.15) is 52.4 Å². The first-order valence-corrected chi connectivity index (χ1v) is 11.6. The lowest BCUT2D eigenvalue weighted by Gasteiger charge is -2.23. The summed E-state index contributed by atoms with van der Waals surface area (Å²) in [4.78, 5) is 26.8. The molecule has 0 bridgehead atoms. The third-order valence-corrected chi connectivity index (χ3v) is 6.62. The summed E-state index contributed by atoms with van der Waals surface area (Å²) in [6, 6.07) is 19.2. The number of unbranched alkanes of at least 4 members (excludes halogenated alkanes) is 1. The maximum atomic E-state index is 12.6. The van der Waals surface area contributed by atoms with Gasteiger partial charge in [0.2, 0.25) is 5.91 Å². The highest BCUT2D eigenvalue weighted by Gasteiger charge is 2.33. The average molecular weight is 435 g/mol. The van der Waals surface area contributed by atoms with Crippen LogP contribution in [0.5, 0.6) is 0 Å². The van der Waals surface area contributed by atoms with Crippen LogP contribution >= 0.6 is 11.8 Å². The van der Waals surface area contributed by atoms with Crippen LogP contribution in [0.4, 0.5) is 5.69 Å². The molecule has 0 radical (unpaired) electrons. The van der Waals surface area contributed by atoms with Crippen LogP contribution in [0.3, 0.4) is 0 Å². The second-order valence-electron chi connectivity index (χ2n) is 7.64. The Morgan fingerprint density at radius 1 is 1.13 bits per heavy atom. The van der Waals surface area contributed by atoms with Crippen LogP contribution in [0.15, 0.2) is 71.3 Å². The van der Waals surface area contributed by atoms with Crippen molar-refractivity contribution in [3.8, 4) is 0 Å². The second-order valence-corrected chi connectivity index (χ2v) is 8.71. The molecule has 31 heavy (non-hydrogen) atoms. The van der Waals surface area contributed by atoms with Crippen molar-refractivity contribution in [1.82, 2.24) is 4.90 Å². The fourth-order valence-electron chi connectivity index (χ4n) is 3.61. The van der Waals surface area contributed by atoms with Crippen molar-refractivity contribution >= 4 is 29.3 Å². The fourth-order valence-corrected chi connectivity index (χ4v) is 4.80. The monoisotopic (exact) mass is 434 g/mol. The number of rotatable bonds is 8. The molecule has 2 aromatic carbocycles. The molecule has 5 nitrogen and oxygen atoms in total. The van der Waals surface area contributed by atoms with E-state index < -0.39 is 0 Å². The molecule has 4 rings (SSSR count). The van der Waals surface area contributed by atoms with E-state index in [1.165, 1.54) is 18.4 Å². The third kappa shape index (κ3) is 5.20. The number of nitrogens with zero attached hydrogens (tertiary/aromatic N) is 1. The summed E-state index contributed by atoms with van der Waals surface area (Å²) in [5.41, 5.74) is 3.66.